The summed E-state index contributed by atoms with van der Waals surface area (Å²) >= 11 is 0. The van der Waals surface area contributed by atoms with Crippen molar-refractivity contribution in [3.8, 4) is 17.2 Å². The van der Waals surface area contributed by atoms with Crippen LogP contribution in [0.15, 0.2) is 60.1 Å². The van der Waals surface area contributed by atoms with Crippen LogP contribution in [0.3, 0.4) is 0 Å². The normalized spacial score (nSPS) is 15.0. The summed E-state index contributed by atoms with van der Waals surface area (Å²) in [7, 11) is 4.72. The first-order chi connectivity index (χ1) is 15.1. The Labute approximate surface area is 179 Å². The first-order valence-corrected chi connectivity index (χ1v) is 9.61. The second-order valence-corrected chi connectivity index (χ2v) is 6.86. The molecule has 0 saturated heterocycles. The third-order valence-electron chi connectivity index (χ3n) is 5.13. The number of nitrogens with zero attached hydrogens (tertiary/aromatic N) is 3. The quantitative estimate of drug-likeness (QED) is 0.630. The molecule has 1 aromatic heterocycles. The molecule has 1 amide bonds. The molecule has 0 spiro atoms. The number of allylic oxidation sites excluding steroid dienone is 1. The lowest BCUT2D eigenvalue weighted by Crippen LogP contribution is -2.31. The van der Waals surface area contributed by atoms with Crippen LogP contribution in [-0.4, -0.2) is 42.0 Å². The van der Waals surface area contributed by atoms with Gasteiger partial charge in [0.25, 0.3) is 5.91 Å². The van der Waals surface area contributed by atoms with E-state index in [1.54, 1.807) is 44.2 Å². The van der Waals surface area contributed by atoms with Crippen molar-refractivity contribution < 1.29 is 19.0 Å². The molecule has 3 aromatic rings. The van der Waals surface area contributed by atoms with Gasteiger partial charge in [0.15, 0.2) is 0 Å². The summed E-state index contributed by atoms with van der Waals surface area (Å²) in [5, 5.41) is 10.5. The monoisotopic (exact) mass is 421 g/mol. The number of methoxy groups -OCH3 is 3. The van der Waals surface area contributed by atoms with E-state index in [0.29, 0.717) is 40.2 Å². The molecule has 0 bridgehead atoms. The van der Waals surface area contributed by atoms with E-state index in [1.165, 1.54) is 6.33 Å². The van der Waals surface area contributed by atoms with E-state index < -0.39 is 6.04 Å². The Bertz CT molecular complexity index is 1150. The van der Waals surface area contributed by atoms with E-state index in [4.69, 9.17) is 14.2 Å². The van der Waals surface area contributed by atoms with Crippen LogP contribution in [-0.2, 0) is 4.79 Å². The van der Waals surface area contributed by atoms with Gasteiger partial charge in [-0.2, -0.15) is 10.1 Å². The highest BCUT2D eigenvalue weighted by atomic mass is 16.5. The molecule has 0 unspecified atom stereocenters. The second-order valence-electron chi connectivity index (χ2n) is 6.86. The number of hydrogen-bond donors (Lipinski definition) is 2. The zero-order valence-electron chi connectivity index (χ0n) is 17.7. The van der Waals surface area contributed by atoms with Crippen molar-refractivity contribution in [2.45, 2.75) is 13.0 Å². The van der Waals surface area contributed by atoms with E-state index in [2.05, 4.69) is 20.7 Å². The number of fused-ring (bicyclic) bond motifs is 1. The number of hydrogen-bond acceptors (Lipinski definition) is 7. The van der Waals surface area contributed by atoms with Gasteiger partial charge in [-0.25, -0.2) is 4.68 Å². The van der Waals surface area contributed by atoms with Gasteiger partial charge in [0.05, 0.1) is 32.6 Å². The lowest BCUT2D eigenvalue weighted by atomic mass is 9.94. The van der Waals surface area contributed by atoms with Crippen LogP contribution < -0.4 is 24.8 Å². The molecular formula is C22H23N5O4. The van der Waals surface area contributed by atoms with Gasteiger partial charge in [-0.1, -0.05) is 12.1 Å². The summed E-state index contributed by atoms with van der Waals surface area (Å²) in [6.07, 6.45) is 1.44. The molecule has 31 heavy (non-hydrogen) atoms. The molecule has 0 fully saturated rings. The molecule has 1 atom stereocenters. The van der Waals surface area contributed by atoms with Gasteiger partial charge in [-0.05, 0) is 31.2 Å². The number of anilines is 2. The third kappa shape index (κ3) is 3.65. The number of ether oxygens (including phenoxy) is 3. The molecule has 9 heteroatoms. The fraction of sp³-hybridized carbons (Fsp3) is 0.227. The Balaban J connectivity index is 1.81. The molecule has 2 heterocycles. The van der Waals surface area contributed by atoms with Crippen molar-refractivity contribution in [2.75, 3.05) is 32.0 Å². The number of para-hydroxylation sites is 2. The predicted octanol–water partition coefficient (Wildman–Crippen LogP) is 3.23. The number of rotatable bonds is 6. The standard InChI is InChI=1S/C22H23N5O4/c1-13-19(21(28)26-16-7-5-6-8-17(16)30-3)20(27-22(25-13)23-12-24-27)15-10-9-14(29-2)11-18(15)31-4/h5-12,20H,1-4H3,(H,26,28)(H,23,24,25)/t20-/m1/s1. The number of amides is 1. The lowest BCUT2D eigenvalue weighted by molar-refractivity contribution is -0.113. The van der Waals surface area contributed by atoms with Crippen LogP contribution in [0.2, 0.25) is 0 Å². The fourth-order valence-corrected chi connectivity index (χ4v) is 3.65. The molecule has 2 N–H and O–H groups in total. The van der Waals surface area contributed by atoms with Crippen LogP contribution >= 0.6 is 0 Å². The van der Waals surface area contributed by atoms with Crippen LogP contribution in [0.5, 0.6) is 17.2 Å². The topological polar surface area (TPSA) is 99.5 Å². The first-order valence-electron chi connectivity index (χ1n) is 9.61. The van der Waals surface area contributed by atoms with E-state index >= 15 is 0 Å². The lowest BCUT2D eigenvalue weighted by Gasteiger charge is -2.29. The molecule has 1 aliphatic heterocycles. The smallest absolute Gasteiger partial charge is 0.255 e. The van der Waals surface area contributed by atoms with Gasteiger partial charge in [-0.3, -0.25) is 4.79 Å². The number of aromatic nitrogens is 3. The molecular weight excluding hydrogens is 398 g/mol. The maximum Gasteiger partial charge on any atom is 0.255 e. The Hall–Kier alpha value is -4.01. The minimum Gasteiger partial charge on any atom is -0.497 e. The fourth-order valence-electron chi connectivity index (χ4n) is 3.65. The molecule has 160 valence electrons. The summed E-state index contributed by atoms with van der Waals surface area (Å²) < 4.78 is 18.0. The maximum atomic E-state index is 13.5. The Morgan fingerprint density at radius 3 is 2.58 bits per heavy atom. The highest BCUT2D eigenvalue weighted by molar-refractivity contribution is 6.06. The zero-order chi connectivity index (χ0) is 22.0. The summed E-state index contributed by atoms with van der Waals surface area (Å²) in [6.45, 7) is 1.83. The largest absolute Gasteiger partial charge is 0.497 e. The van der Waals surface area contributed by atoms with E-state index in [9.17, 15) is 4.79 Å². The molecule has 0 radical (unpaired) electrons. The average molecular weight is 421 g/mol. The summed E-state index contributed by atoms with van der Waals surface area (Å²) in [5.41, 5.74) is 2.46. The maximum absolute atomic E-state index is 13.5. The van der Waals surface area contributed by atoms with Crippen LogP contribution in [0.25, 0.3) is 0 Å². The molecule has 0 saturated carbocycles. The summed E-state index contributed by atoms with van der Waals surface area (Å²) in [5.74, 6) is 2.03. The highest BCUT2D eigenvalue weighted by Crippen LogP contribution is 2.40. The van der Waals surface area contributed by atoms with Crippen molar-refractivity contribution in [3.63, 3.8) is 0 Å². The van der Waals surface area contributed by atoms with Crippen molar-refractivity contribution in [2.24, 2.45) is 0 Å². The van der Waals surface area contributed by atoms with Gasteiger partial charge < -0.3 is 24.8 Å². The minimum atomic E-state index is -0.561. The number of carbonyl (C=O) groups excluding carboxylic acids is 1. The highest BCUT2D eigenvalue weighted by Gasteiger charge is 2.35. The molecule has 9 nitrogen and oxygen atoms in total. The SMILES string of the molecule is COc1ccc([C@@H]2C(C(=O)Nc3ccccc3OC)=C(C)Nc3ncnn32)c(OC)c1. The van der Waals surface area contributed by atoms with E-state index in [-0.39, 0.29) is 5.91 Å². The van der Waals surface area contributed by atoms with Gasteiger partial charge in [0.2, 0.25) is 5.95 Å². The van der Waals surface area contributed by atoms with Crippen molar-refractivity contribution >= 4 is 17.5 Å². The van der Waals surface area contributed by atoms with Crippen molar-refractivity contribution in [1.82, 2.24) is 14.8 Å². The predicted molar refractivity (Wildman–Crippen MR) is 116 cm³/mol. The van der Waals surface area contributed by atoms with Crippen LogP contribution in [0, 0.1) is 0 Å². The minimum absolute atomic E-state index is 0.293. The Morgan fingerprint density at radius 2 is 1.84 bits per heavy atom. The number of carbonyl (C=O) groups is 1. The molecule has 2 aromatic carbocycles. The second kappa shape index (κ2) is 8.39. The van der Waals surface area contributed by atoms with Gasteiger partial charge in [0.1, 0.15) is 29.6 Å². The van der Waals surface area contributed by atoms with Gasteiger partial charge in [-0.15, -0.1) is 0 Å². The third-order valence-corrected chi connectivity index (χ3v) is 5.13. The molecule has 1 aliphatic rings. The zero-order valence-corrected chi connectivity index (χ0v) is 17.7. The number of nitrogens with one attached hydrogen (secondary N) is 2. The van der Waals surface area contributed by atoms with Crippen molar-refractivity contribution in [3.05, 3.63) is 65.6 Å². The summed E-state index contributed by atoms with van der Waals surface area (Å²) in [6, 6.07) is 12.1. The molecule has 0 aliphatic carbocycles. The van der Waals surface area contributed by atoms with Crippen LogP contribution in [0.1, 0.15) is 18.5 Å². The van der Waals surface area contributed by atoms with Gasteiger partial charge in [0, 0.05) is 17.3 Å². The van der Waals surface area contributed by atoms with Gasteiger partial charge >= 0.3 is 0 Å². The summed E-state index contributed by atoms with van der Waals surface area (Å²) in [4.78, 5) is 17.8. The van der Waals surface area contributed by atoms with E-state index in [0.717, 1.165) is 5.56 Å². The van der Waals surface area contributed by atoms with E-state index in [1.807, 2.05) is 31.2 Å². The van der Waals surface area contributed by atoms with Crippen LogP contribution in [0.4, 0.5) is 11.6 Å². The Morgan fingerprint density at radius 1 is 1.06 bits per heavy atom. The number of benzene rings is 2. The Kier molecular flexibility index (Phi) is 5.48. The van der Waals surface area contributed by atoms with Crippen molar-refractivity contribution in [1.29, 1.82) is 0 Å². The average Bonchev–Trinajstić information content (AvgIpc) is 3.26. The first kappa shape index (κ1) is 20.3. The molecule has 4 rings (SSSR count).